The third kappa shape index (κ3) is 9.12. The van der Waals surface area contributed by atoms with Gasteiger partial charge in [0.15, 0.2) is 0 Å². The van der Waals surface area contributed by atoms with Gasteiger partial charge in [-0.2, -0.15) is 0 Å². The molecule has 0 amide bonds. The van der Waals surface area contributed by atoms with Gasteiger partial charge in [0.2, 0.25) is 0 Å². The molecule has 0 fully saturated rings. The fourth-order valence-corrected chi connectivity index (χ4v) is 1.11. The van der Waals surface area contributed by atoms with Gasteiger partial charge in [0.1, 0.15) is 6.10 Å². The molecule has 2 unspecified atom stereocenters. The number of ether oxygens (including phenoxy) is 3. The normalized spacial score (nSPS) is 14.7. The molecular formula is C13H26O4. The quantitative estimate of drug-likeness (QED) is 0.463. The van der Waals surface area contributed by atoms with Gasteiger partial charge in [0, 0.05) is 6.61 Å². The van der Waals surface area contributed by atoms with Crippen LogP contribution in [0.25, 0.3) is 0 Å². The van der Waals surface area contributed by atoms with Crippen molar-refractivity contribution in [1.82, 2.24) is 0 Å². The summed E-state index contributed by atoms with van der Waals surface area (Å²) in [4.78, 5) is 11.3. The van der Waals surface area contributed by atoms with Crippen molar-refractivity contribution in [1.29, 1.82) is 0 Å². The third-order valence-corrected chi connectivity index (χ3v) is 2.11. The summed E-state index contributed by atoms with van der Waals surface area (Å²) in [6.07, 6.45) is 0.829. The summed E-state index contributed by atoms with van der Waals surface area (Å²) in [5.41, 5.74) is 0. The van der Waals surface area contributed by atoms with Gasteiger partial charge in [0.25, 0.3) is 0 Å². The molecule has 0 aliphatic heterocycles. The maximum atomic E-state index is 11.3. The minimum absolute atomic E-state index is 0.0294. The second kappa shape index (κ2) is 9.42. The monoisotopic (exact) mass is 246 g/mol. The molecule has 0 spiro atoms. The number of rotatable bonds is 9. The molecule has 0 bridgehead atoms. The Bertz CT molecular complexity index is 204. The first-order valence-corrected chi connectivity index (χ1v) is 6.37. The van der Waals surface area contributed by atoms with E-state index in [1.165, 1.54) is 0 Å². The Morgan fingerprint density at radius 3 is 2.24 bits per heavy atom. The average molecular weight is 246 g/mol. The SMILES string of the molecule is CCCOCC(C)OCC(C)OC(=O)C(C)C. The minimum Gasteiger partial charge on any atom is -0.460 e. The molecule has 2 atom stereocenters. The Labute approximate surface area is 105 Å². The molecule has 0 heterocycles. The van der Waals surface area contributed by atoms with Crippen molar-refractivity contribution in [2.45, 2.75) is 53.2 Å². The van der Waals surface area contributed by atoms with E-state index in [1.54, 1.807) is 0 Å². The minimum atomic E-state index is -0.210. The van der Waals surface area contributed by atoms with Gasteiger partial charge in [-0.05, 0) is 20.3 Å². The molecule has 0 saturated carbocycles. The molecule has 17 heavy (non-hydrogen) atoms. The molecule has 0 saturated heterocycles. The number of carbonyl (C=O) groups is 1. The van der Waals surface area contributed by atoms with Gasteiger partial charge in [0.05, 0.1) is 25.2 Å². The van der Waals surface area contributed by atoms with Crippen LogP contribution >= 0.6 is 0 Å². The largest absolute Gasteiger partial charge is 0.460 e. The molecule has 0 aliphatic carbocycles. The maximum absolute atomic E-state index is 11.3. The van der Waals surface area contributed by atoms with E-state index >= 15 is 0 Å². The van der Waals surface area contributed by atoms with Crippen LogP contribution in [0.2, 0.25) is 0 Å². The first-order chi connectivity index (χ1) is 7.97. The average Bonchev–Trinajstić information content (AvgIpc) is 2.26. The standard InChI is InChI=1S/C13H26O4/c1-6-7-15-8-11(4)16-9-12(5)17-13(14)10(2)3/h10-12H,6-9H2,1-5H3. The summed E-state index contributed by atoms with van der Waals surface area (Å²) < 4.78 is 16.1. The lowest BCUT2D eigenvalue weighted by molar-refractivity contribution is -0.156. The lowest BCUT2D eigenvalue weighted by atomic mass is 10.2. The second-order valence-corrected chi connectivity index (χ2v) is 4.62. The van der Waals surface area contributed by atoms with Crippen LogP contribution < -0.4 is 0 Å². The van der Waals surface area contributed by atoms with Gasteiger partial charge in [-0.25, -0.2) is 0 Å². The fraction of sp³-hybridized carbons (Fsp3) is 0.923. The Morgan fingerprint density at radius 1 is 1.06 bits per heavy atom. The van der Waals surface area contributed by atoms with E-state index < -0.39 is 0 Å². The van der Waals surface area contributed by atoms with Crippen LogP contribution in [0.15, 0.2) is 0 Å². The van der Waals surface area contributed by atoms with Crippen molar-refractivity contribution < 1.29 is 19.0 Å². The summed E-state index contributed by atoms with van der Waals surface area (Å²) >= 11 is 0. The third-order valence-electron chi connectivity index (χ3n) is 2.11. The molecule has 0 aromatic heterocycles. The Morgan fingerprint density at radius 2 is 1.71 bits per heavy atom. The zero-order valence-corrected chi connectivity index (χ0v) is 11.7. The van der Waals surface area contributed by atoms with Crippen LogP contribution in [0.5, 0.6) is 0 Å². The van der Waals surface area contributed by atoms with Crippen molar-refractivity contribution in [2.24, 2.45) is 5.92 Å². The van der Waals surface area contributed by atoms with E-state index in [0.29, 0.717) is 13.2 Å². The van der Waals surface area contributed by atoms with Crippen LogP contribution in [0.1, 0.15) is 41.0 Å². The zero-order valence-electron chi connectivity index (χ0n) is 11.7. The molecule has 102 valence electrons. The topological polar surface area (TPSA) is 44.8 Å². The van der Waals surface area contributed by atoms with Crippen molar-refractivity contribution in [3.63, 3.8) is 0 Å². The maximum Gasteiger partial charge on any atom is 0.308 e. The van der Waals surface area contributed by atoms with Crippen LogP contribution in [0, 0.1) is 5.92 Å². The molecule has 0 aliphatic rings. The molecule has 0 rings (SSSR count). The number of carbonyl (C=O) groups excluding carboxylic acids is 1. The molecular weight excluding hydrogens is 220 g/mol. The van der Waals surface area contributed by atoms with E-state index in [0.717, 1.165) is 13.0 Å². The smallest absolute Gasteiger partial charge is 0.308 e. The van der Waals surface area contributed by atoms with Gasteiger partial charge < -0.3 is 14.2 Å². The molecule has 0 aromatic rings. The van der Waals surface area contributed by atoms with Gasteiger partial charge in [-0.1, -0.05) is 20.8 Å². The Balaban J connectivity index is 3.61. The van der Waals surface area contributed by atoms with Crippen molar-refractivity contribution >= 4 is 5.97 Å². The van der Waals surface area contributed by atoms with Gasteiger partial charge in [-0.15, -0.1) is 0 Å². The van der Waals surface area contributed by atoms with Crippen LogP contribution in [0.3, 0.4) is 0 Å². The predicted molar refractivity (Wildman–Crippen MR) is 66.9 cm³/mol. The molecule has 0 radical (unpaired) electrons. The predicted octanol–water partition coefficient (Wildman–Crippen LogP) is 2.41. The van der Waals surface area contributed by atoms with Crippen LogP contribution in [0.4, 0.5) is 0 Å². The fourth-order valence-electron chi connectivity index (χ4n) is 1.11. The Hall–Kier alpha value is -0.610. The highest BCUT2D eigenvalue weighted by Gasteiger charge is 2.14. The molecule has 0 aromatic carbocycles. The van der Waals surface area contributed by atoms with Crippen molar-refractivity contribution in [2.75, 3.05) is 19.8 Å². The highest BCUT2D eigenvalue weighted by atomic mass is 16.6. The van der Waals surface area contributed by atoms with Crippen molar-refractivity contribution in [3.05, 3.63) is 0 Å². The lowest BCUT2D eigenvalue weighted by Crippen LogP contribution is -2.26. The zero-order chi connectivity index (χ0) is 13.3. The van der Waals surface area contributed by atoms with E-state index in [2.05, 4.69) is 6.92 Å². The van der Waals surface area contributed by atoms with E-state index in [1.807, 2.05) is 27.7 Å². The first-order valence-electron chi connectivity index (χ1n) is 6.37. The molecule has 4 heteroatoms. The molecule has 4 nitrogen and oxygen atoms in total. The first kappa shape index (κ1) is 16.4. The Kier molecular flexibility index (Phi) is 9.09. The molecule has 0 N–H and O–H groups in total. The summed E-state index contributed by atoms with van der Waals surface area (Å²) in [5.74, 6) is -0.279. The van der Waals surface area contributed by atoms with Gasteiger partial charge in [-0.3, -0.25) is 4.79 Å². The van der Waals surface area contributed by atoms with Gasteiger partial charge >= 0.3 is 5.97 Å². The van der Waals surface area contributed by atoms with E-state index in [9.17, 15) is 4.79 Å². The highest BCUT2D eigenvalue weighted by molar-refractivity contribution is 5.71. The second-order valence-electron chi connectivity index (χ2n) is 4.62. The summed E-state index contributed by atoms with van der Waals surface area (Å²) in [6.45, 7) is 11.2. The van der Waals surface area contributed by atoms with Crippen LogP contribution in [-0.2, 0) is 19.0 Å². The van der Waals surface area contributed by atoms with E-state index in [4.69, 9.17) is 14.2 Å². The van der Waals surface area contributed by atoms with Crippen molar-refractivity contribution in [3.8, 4) is 0 Å². The lowest BCUT2D eigenvalue weighted by Gasteiger charge is -2.18. The van der Waals surface area contributed by atoms with E-state index in [-0.39, 0.29) is 24.1 Å². The highest BCUT2D eigenvalue weighted by Crippen LogP contribution is 2.02. The van der Waals surface area contributed by atoms with Crippen LogP contribution in [-0.4, -0.2) is 38.0 Å². The number of hydrogen-bond donors (Lipinski definition) is 0. The number of esters is 1. The summed E-state index contributed by atoms with van der Waals surface area (Å²) in [5, 5.41) is 0. The number of hydrogen-bond acceptors (Lipinski definition) is 4. The summed E-state index contributed by atoms with van der Waals surface area (Å²) in [6, 6.07) is 0. The summed E-state index contributed by atoms with van der Waals surface area (Å²) in [7, 11) is 0.